The number of halogens is 1. The van der Waals surface area contributed by atoms with Gasteiger partial charge in [0.25, 0.3) is 5.56 Å². The number of allylic oxidation sites excluding steroid dienone is 1. The molecule has 34 heavy (non-hydrogen) atoms. The molecule has 0 bridgehead atoms. The zero-order chi connectivity index (χ0) is 24.4. The van der Waals surface area contributed by atoms with E-state index in [9.17, 15) is 14.4 Å². The molecule has 0 radical (unpaired) electrons. The molecule has 0 amide bonds. The van der Waals surface area contributed by atoms with Crippen LogP contribution in [0.4, 0.5) is 0 Å². The number of thiazole rings is 1. The van der Waals surface area contributed by atoms with Gasteiger partial charge >= 0.3 is 11.9 Å². The Bertz CT molecular complexity index is 1470. The Labute approximate surface area is 204 Å². The normalized spacial score (nSPS) is 15.5. The first kappa shape index (κ1) is 23.7. The Kier molecular flexibility index (Phi) is 6.81. The van der Waals surface area contributed by atoms with Gasteiger partial charge in [-0.15, -0.1) is 0 Å². The number of fused-ring (bicyclic) bond motifs is 1. The maximum atomic E-state index is 13.5. The molecule has 0 saturated heterocycles. The summed E-state index contributed by atoms with van der Waals surface area (Å²) in [6.07, 6.45) is 1.74. The minimum absolute atomic E-state index is 0.205. The van der Waals surface area contributed by atoms with Crippen LogP contribution in [0.15, 0.2) is 69.6 Å². The van der Waals surface area contributed by atoms with Crippen molar-refractivity contribution in [2.75, 3.05) is 6.61 Å². The van der Waals surface area contributed by atoms with Crippen molar-refractivity contribution in [3.63, 3.8) is 0 Å². The second kappa shape index (κ2) is 9.79. The number of carbonyl (C=O) groups is 2. The average molecular weight is 497 g/mol. The topological polar surface area (TPSA) is 87.0 Å². The van der Waals surface area contributed by atoms with E-state index in [-0.39, 0.29) is 12.2 Å². The minimum atomic E-state index is -0.693. The number of carbonyl (C=O) groups excluding carboxylic acids is 2. The largest absolute Gasteiger partial charge is 0.463 e. The molecule has 4 rings (SSSR count). The molecule has 0 N–H and O–H groups in total. The predicted molar refractivity (Wildman–Crippen MR) is 130 cm³/mol. The number of rotatable bonds is 5. The van der Waals surface area contributed by atoms with Crippen LogP contribution in [0.1, 0.15) is 37.9 Å². The number of ether oxygens (including phenoxy) is 2. The predicted octanol–water partition coefficient (Wildman–Crippen LogP) is 3.38. The van der Waals surface area contributed by atoms with E-state index in [2.05, 4.69) is 4.99 Å². The fraction of sp³-hybridized carbons (Fsp3) is 0.200. The Balaban J connectivity index is 1.86. The van der Waals surface area contributed by atoms with Gasteiger partial charge in [-0.2, -0.15) is 0 Å². The number of benzene rings is 2. The molecular formula is C25H21ClN2O5S. The van der Waals surface area contributed by atoms with Gasteiger partial charge in [0.1, 0.15) is 5.75 Å². The van der Waals surface area contributed by atoms with E-state index in [1.165, 1.54) is 22.8 Å². The van der Waals surface area contributed by atoms with Crippen LogP contribution in [-0.4, -0.2) is 23.1 Å². The summed E-state index contributed by atoms with van der Waals surface area (Å²) in [5.74, 6) is -0.501. The zero-order valence-electron chi connectivity index (χ0n) is 18.7. The van der Waals surface area contributed by atoms with Crippen molar-refractivity contribution in [2.45, 2.75) is 26.8 Å². The van der Waals surface area contributed by atoms with E-state index in [1.54, 1.807) is 68.5 Å². The van der Waals surface area contributed by atoms with Crippen LogP contribution in [0, 0.1) is 0 Å². The monoisotopic (exact) mass is 496 g/mol. The summed E-state index contributed by atoms with van der Waals surface area (Å²) in [7, 11) is 0. The summed E-state index contributed by atoms with van der Waals surface area (Å²) < 4.78 is 12.3. The molecule has 0 fully saturated rings. The third kappa shape index (κ3) is 4.73. The Morgan fingerprint density at radius 2 is 1.82 bits per heavy atom. The fourth-order valence-electron chi connectivity index (χ4n) is 3.70. The second-order valence-electron chi connectivity index (χ2n) is 7.52. The maximum absolute atomic E-state index is 13.5. The fourth-order valence-corrected chi connectivity index (χ4v) is 4.87. The number of nitrogens with zero attached hydrogens (tertiary/aromatic N) is 2. The third-order valence-electron chi connectivity index (χ3n) is 5.14. The summed E-state index contributed by atoms with van der Waals surface area (Å²) >= 11 is 7.31. The molecule has 0 spiro atoms. The quantitative estimate of drug-likeness (QED) is 0.399. The van der Waals surface area contributed by atoms with Crippen LogP contribution >= 0.6 is 22.9 Å². The van der Waals surface area contributed by atoms with E-state index in [1.807, 2.05) is 0 Å². The van der Waals surface area contributed by atoms with Crippen molar-refractivity contribution in [2.24, 2.45) is 4.99 Å². The van der Waals surface area contributed by atoms with Gasteiger partial charge in [-0.3, -0.25) is 14.2 Å². The lowest BCUT2D eigenvalue weighted by molar-refractivity contribution is -0.139. The molecule has 1 atom stereocenters. The second-order valence-corrected chi connectivity index (χ2v) is 8.96. The lowest BCUT2D eigenvalue weighted by Gasteiger charge is -2.24. The Morgan fingerprint density at radius 3 is 2.44 bits per heavy atom. The van der Waals surface area contributed by atoms with Gasteiger partial charge in [0, 0.05) is 11.9 Å². The first-order valence-corrected chi connectivity index (χ1v) is 11.7. The number of hydrogen-bond donors (Lipinski definition) is 0. The van der Waals surface area contributed by atoms with Crippen LogP contribution in [0.25, 0.3) is 6.08 Å². The summed E-state index contributed by atoms with van der Waals surface area (Å²) in [5, 5.41) is 0.548. The van der Waals surface area contributed by atoms with Crippen LogP contribution in [-0.2, 0) is 14.3 Å². The third-order valence-corrected chi connectivity index (χ3v) is 6.38. The summed E-state index contributed by atoms with van der Waals surface area (Å²) in [6, 6.07) is 13.1. The standard InChI is InChI=1S/C25H21ClN2O5S/c1-4-32-24(31)21-14(2)27-25-28(22(21)17-7-9-18(26)10-8-17)23(30)20(34-25)13-16-5-11-19(12-6-16)33-15(3)29/h5-13,22H,4H2,1-3H3/b20-13-. The first-order valence-electron chi connectivity index (χ1n) is 10.5. The van der Waals surface area contributed by atoms with Gasteiger partial charge in [-0.05, 0) is 55.3 Å². The van der Waals surface area contributed by atoms with Crippen molar-refractivity contribution in [3.8, 4) is 5.75 Å². The Morgan fingerprint density at radius 1 is 1.15 bits per heavy atom. The highest BCUT2D eigenvalue weighted by Gasteiger charge is 2.33. The molecule has 2 aromatic carbocycles. The van der Waals surface area contributed by atoms with Gasteiger partial charge < -0.3 is 9.47 Å². The molecule has 3 aromatic rings. The molecule has 1 aliphatic heterocycles. The van der Waals surface area contributed by atoms with E-state index in [0.717, 1.165) is 11.1 Å². The van der Waals surface area contributed by atoms with E-state index in [0.29, 0.717) is 31.4 Å². The summed E-state index contributed by atoms with van der Waals surface area (Å²) in [6.45, 7) is 5.00. The molecule has 0 saturated carbocycles. The van der Waals surface area contributed by atoms with Crippen molar-refractivity contribution in [3.05, 3.63) is 95.6 Å². The molecule has 9 heteroatoms. The number of hydrogen-bond acceptors (Lipinski definition) is 7. The molecule has 174 valence electrons. The highest BCUT2D eigenvalue weighted by molar-refractivity contribution is 7.07. The molecule has 1 aromatic heterocycles. The molecule has 2 heterocycles. The summed E-state index contributed by atoms with van der Waals surface area (Å²) in [5.41, 5.74) is 2.01. The lowest BCUT2D eigenvalue weighted by Crippen LogP contribution is -2.39. The molecule has 7 nitrogen and oxygen atoms in total. The van der Waals surface area contributed by atoms with Gasteiger partial charge in [0.15, 0.2) is 4.80 Å². The first-order chi connectivity index (χ1) is 16.3. The highest BCUT2D eigenvalue weighted by Crippen LogP contribution is 2.31. The molecular weight excluding hydrogens is 476 g/mol. The molecule has 1 aliphatic rings. The zero-order valence-corrected chi connectivity index (χ0v) is 20.3. The smallest absolute Gasteiger partial charge is 0.338 e. The van der Waals surface area contributed by atoms with Crippen molar-refractivity contribution < 1.29 is 19.1 Å². The van der Waals surface area contributed by atoms with Gasteiger partial charge in [-0.25, -0.2) is 9.79 Å². The molecule has 1 unspecified atom stereocenters. The van der Waals surface area contributed by atoms with Crippen LogP contribution in [0.5, 0.6) is 5.75 Å². The van der Waals surface area contributed by atoms with Crippen molar-refractivity contribution >= 4 is 41.0 Å². The molecule has 0 aliphatic carbocycles. The van der Waals surface area contributed by atoms with Gasteiger partial charge in [-0.1, -0.05) is 47.2 Å². The van der Waals surface area contributed by atoms with E-state index < -0.39 is 18.0 Å². The van der Waals surface area contributed by atoms with Crippen molar-refractivity contribution in [1.82, 2.24) is 4.57 Å². The highest BCUT2D eigenvalue weighted by atomic mass is 35.5. The SMILES string of the molecule is CCOC(=O)C1=C(C)N=c2s/c(=C\c3ccc(OC(C)=O)cc3)c(=O)n2C1c1ccc(Cl)cc1. The van der Waals surface area contributed by atoms with E-state index in [4.69, 9.17) is 21.1 Å². The van der Waals surface area contributed by atoms with Crippen LogP contribution in [0.2, 0.25) is 5.02 Å². The Hall–Kier alpha value is -3.49. The van der Waals surface area contributed by atoms with Crippen LogP contribution < -0.4 is 19.6 Å². The lowest BCUT2D eigenvalue weighted by atomic mass is 9.96. The minimum Gasteiger partial charge on any atom is -0.463 e. The van der Waals surface area contributed by atoms with Crippen molar-refractivity contribution in [1.29, 1.82) is 0 Å². The van der Waals surface area contributed by atoms with Gasteiger partial charge in [0.2, 0.25) is 0 Å². The number of esters is 2. The van der Waals surface area contributed by atoms with E-state index >= 15 is 0 Å². The average Bonchev–Trinajstić information content (AvgIpc) is 3.09. The maximum Gasteiger partial charge on any atom is 0.338 e. The number of aromatic nitrogens is 1. The summed E-state index contributed by atoms with van der Waals surface area (Å²) in [4.78, 5) is 42.6. The van der Waals surface area contributed by atoms with Crippen LogP contribution in [0.3, 0.4) is 0 Å². The van der Waals surface area contributed by atoms with Gasteiger partial charge in [0.05, 0.1) is 28.5 Å².